The molecular weight excluding hydrogens is 264 g/mol. The van der Waals surface area contributed by atoms with Gasteiger partial charge in [0.15, 0.2) is 5.69 Å². The molecule has 0 unspecified atom stereocenters. The van der Waals surface area contributed by atoms with Gasteiger partial charge in [-0.25, -0.2) is 9.37 Å². The molecule has 0 saturated carbocycles. The number of hydrogen-bond acceptors (Lipinski definition) is 3. The van der Waals surface area contributed by atoms with Crippen molar-refractivity contribution in [3.63, 3.8) is 0 Å². The Morgan fingerprint density at radius 1 is 1.11 bits per heavy atom. The minimum absolute atomic E-state index is 0.0613. The molecule has 0 fully saturated rings. The lowest BCUT2D eigenvalue weighted by atomic mass is 10.3. The summed E-state index contributed by atoms with van der Waals surface area (Å²) in [6, 6.07) is 5.69. The van der Waals surface area contributed by atoms with E-state index in [0.717, 1.165) is 6.07 Å². The Bertz CT molecular complexity index is 599. The van der Waals surface area contributed by atoms with Crippen LogP contribution in [0.25, 0.3) is 0 Å². The fourth-order valence-corrected chi connectivity index (χ4v) is 1.39. The molecule has 0 aliphatic carbocycles. The maximum absolute atomic E-state index is 12.9. The van der Waals surface area contributed by atoms with E-state index in [-0.39, 0.29) is 17.5 Å². The van der Waals surface area contributed by atoms with Gasteiger partial charge in [-0.1, -0.05) is 6.07 Å². The average molecular weight is 272 g/mol. The van der Waals surface area contributed by atoms with Crippen molar-refractivity contribution in [2.45, 2.75) is 13.1 Å². The number of hydrogen-bond donors (Lipinski definition) is 0. The molecule has 7 heteroatoms. The first-order valence-corrected chi connectivity index (χ1v) is 5.21. The molecule has 0 saturated heterocycles. The minimum atomic E-state index is -4.59. The van der Waals surface area contributed by atoms with Gasteiger partial charge in [0.25, 0.3) is 0 Å². The SMILES string of the molecule is Cc1nc(Oc2cccc(F)c2)cc(C(F)(F)F)n1. The first kappa shape index (κ1) is 13.3. The zero-order valence-electron chi connectivity index (χ0n) is 9.70. The maximum Gasteiger partial charge on any atom is 0.433 e. The monoisotopic (exact) mass is 272 g/mol. The minimum Gasteiger partial charge on any atom is -0.439 e. The lowest BCUT2D eigenvalue weighted by Crippen LogP contribution is -2.10. The number of aromatic nitrogens is 2. The summed E-state index contributed by atoms with van der Waals surface area (Å²) >= 11 is 0. The molecule has 1 aromatic carbocycles. The Morgan fingerprint density at radius 3 is 2.47 bits per heavy atom. The lowest BCUT2D eigenvalue weighted by molar-refractivity contribution is -0.141. The highest BCUT2D eigenvalue weighted by Crippen LogP contribution is 2.30. The van der Waals surface area contributed by atoms with Crippen molar-refractivity contribution in [1.82, 2.24) is 9.97 Å². The van der Waals surface area contributed by atoms with Crippen molar-refractivity contribution >= 4 is 0 Å². The summed E-state index contributed by atoms with van der Waals surface area (Å²) in [6.07, 6.45) is -4.59. The molecule has 0 atom stereocenters. The lowest BCUT2D eigenvalue weighted by Gasteiger charge is -2.09. The van der Waals surface area contributed by atoms with E-state index in [1.165, 1.54) is 25.1 Å². The third-order valence-electron chi connectivity index (χ3n) is 2.12. The van der Waals surface area contributed by atoms with Crippen LogP contribution in [0.3, 0.4) is 0 Å². The van der Waals surface area contributed by atoms with Gasteiger partial charge in [0.05, 0.1) is 0 Å². The predicted molar refractivity (Wildman–Crippen MR) is 58.2 cm³/mol. The summed E-state index contributed by atoms with van der Waals surface area (Å²) in [6.45, 7) is 1.31. The van der Waals surface area contributed by atoms with Crippen LogP contribution < -0.4 is 4.74 Å². The van der Waals surface area contributed by atoms with Gasteiger partial charge in [-0.2, -0.15) is 18.2 Å². The van der Waals surface area contributed by atoms with E-state index in [4.69, 9.17) is 4.74 Å². The second-order valence-corrected chi connectivity index (χ2v) is 3.70. The molecule has 0 bridgehead atoms. The summed E-state index contributed by atoms with van der Waals surface area (Å²) in [7, 11) is 0. The number of halogens is 4. The number of ether oxygens (including phenoxy) is 1. The highest BCUT2D eigenvalue weighted by molar-refractivity contribution is 5.28. The molecule has 0 aliphatic heterocycles. The first-order chi connectivity index (χ1) is 8.84. The maximum atomic E-state index is 12.9. The van der Waals surface area contributed by atoms with Gasteiger partial charge in [-0.15, -0.1) is 0 Å². The molecule has 19 heavy (non-hydrogen) atoms. The van der Waals surface area contributed by atoms with E-state index in [9.17, 15) is 17.6 Å². The van der Waals surface area contributed by atoms with Gasteiger partial charge in [-0.3, -0.25) is 0 Å². The Balaban J connectivity index is 2.33. The van der Waals surface area contributed by atoms with Crippen molar-refractivity contribution in [2.75, 3.05) is 0 Å². The molecule has 0 radical (unpaired) electrons. The van der Waals surface area contributed by atoms with Crippen molar-refractivity contribution in [3.05, 3.63) is 47.7 Å². The summed E-state index contributed by atoms with van der Waals surface area (Å²) in [5, 5.41) is 0. The molecule has 0 aliphatic rings. The standard InChI is InChI=1S/C12H8F4N2O/c1-7-17-10(12(14,15)16)6-11(18-7)19-9-4-2-3-8(13)5-9/h2-6H,1H3. The second kappa shape index (κ2) is 4.83. The summed E-state index contributed by atoms with van der Waals surface area (Å²) in [4.78, 5) is 6.99. The van der Waals surface area contributed by atoms with E-state index in [1.54, 1.807) is 0 Å². The fraction of sp³-hybridized carbons (Fsp3) is 0.167. The van der Waals surface area contributed by atoms with E-state index in [2.05, 4.69) is 9.97 Å². The van der Waals surface area contributed by atoms with Gasteiger partial charge in [0, 0.05) is 12.1 Å². The zero-order valence-corrected chi connectivity index (χ0v) is 9.70. The highest BCUT2D eigenvalue weighted by atomic mass is 19.4. The molecule has 3 nitrogen and oxygen atoms in total. The van der Waals surface area contributed by atoms with Crippen LogP contribution >= 0.6 is 0 Å². The number of alkyl halides is 3. The largest absolute Gasteiger partial charge is 0.439 e. The molecule has 0 N–H and O–H groups in total. The van der Waals surface area contributed by atoms with Crippen molar-refractivity contribution in [3.8, 4) is 11.6 Å². The van der Waals surface area contributed by atoms with Crippen molar-refractivity contribution < 1.29 is 22.3 Å². The second-order valence-electron chi connectivity index (χ2n) is 3.70. The van der Waals surface area contributed by atoms with E-state index >= 15 is 0 Å². The first-order valence-electron chi connectivity index (χ1n) is 5.21. The van der Waals surface area contributed by atoms with Gasteiger partial charge < -0.3 is 4.74 Å². The quantitative estimate of drug-likeness (QED) is 0.781. The van der Waals surface area contributed by atoms with Gasteiger partial charge in [0.2, 0.25) is 5.88 Å². The van der Waals surface area contributed by atoms with E-state index in [1.807, 2.05) is 0 Å². The van der Waals surface area contributed by atoms with Gasteiger partial charge >= 0.3 is 6.18 Å². The van der Waals surface area contributed by atoms with Crippen molar-refractivity contribution in [1.29, 1.82) is 0 Å². The molecule has 0 amide bonds. The highest BCUT2D eigenvalue weighted by Gasteiger charge is 2.33. The van der Waals surface area contributed by atoms with Crippen LogP contribution in [-0.4, -0.2) is 9.97 Å². The molecule has 0 spiro atoms. The van der Waals surface area contributed by atoms with Gasteiger partial charge in [-0.05, 0) is 19.1 Å². The summed E-state index contributed by atoms with van der Waals surface area (Å²) in [5.41, 5.74) is -1.11. The number of nitrogens with zero attached hydrogens (tertiary/aromatic N) is 2. The Kier molecular flexibility index (Phi) is 3.37. The molecule has 1 heterocycles. The number of benzene rings is 1. The van der Waals surface area contributed by atoms with Crippen LogP contribution in [-0.2, 0) is 6.18 Å². The van der Waals surface area contributed by atoms with Crippen LogP contribution in [0.15, 0.2) is 30.3 Å². The topological polar surface area (TPSA) is 35.0 Å². The van der Waals surface area contributed by atoms with E-state index < -0.39 is 17.7 Å². The third-order valence-corrected chi connectivity index (χ3v) is 2.12. The number of rotatable bonds is 2. The Hall–Kier alpha value is -2.18. The van der Waals surface area contributed by atoms with Crippen LogP contribution in [0.1, 0.15) is 11.5 Å². The molecular formula is C12H8F4N2O. The predicted octanol–water partition coefficient (Wildman–Crippen LogP) is 3.74. The van der Waals surface area contributed by atoms with Crippen molar-refractivity contribution in [2.24, 2.45) is 0 Å². The normalized spacial score (nSPS) is 11.4. The molecule has 2 aromatic rings. The number of aryl methyl sites for hydroxylation is 1. The van der Waals surface area contributed by atoms with Crippen LogP contribution in [0.2, 0.25) is 0 Å². The van der Waals surface area contributed by atoms with E-state index in [0.29, 0.717) is 6.07 Å². The van der Waals surface area contributed by atoms with Gasteiger partial charge in [0.1, 0.15) is 17.4 Å². The van der Waals surface area contributed by atoms with Crippen LogP contribution in [0, 0.1) is 12.7 Å². The molecule has 100 valence electrons. The Morgan fingerprint density at radius 2 is 1.84 bits per heavy atom. The smallest absolute Gasteiger partial charge is 0.433 e. The summed E-state index contributed by atoms with van der Waals surface area (Å²) < 4.78 is 55.6. The fourth-order valence-electron chi connectivity index (χ4n) is 1.39. The average Bonchev–Trinajstić information content (AvgIpc) is 2.26. The zero-order chi connectivity index (χ0) is 14.0. The van der Waals surface area contributed by atoms with Crippen LogP contribution in [0.5, 0.6) is 11.6 Å². The molecule has 2 rings (SSSR count). The molecule has 1 aromatic heterocycles. The summed E-state index contributed by atoms with van der Waals surface area (Å²) in [5.74, 6) is -0.864. The third kappa shape index (κ3) is 3.40. The van der Waals surface area contributed by atoms with Crippen LogP contribution in [0.4, 0.5) is 17.6 Å². The Labute approximate surface area is 105 Å².